The second-order valence-corrected chi connectivity index (χ2v) is 7.14. The molecular weight excluding hydrogens is 352 g/mol. The maximum atomic E-state index is 6.23. The van der Waals surface area contributed by atoms with Gasteiger partial charge in [-0.3, -0.25) is 4.98 Å². The lowest BCUT2D eigenvalue weighted by Crippen LogP contribution is -2.40. The normalized spacial score (nSPS) is 12.1. The molecule has 1 heterocycles. The van der Waals surface area contributed by atoms with Gasteiger partial charge in [0.1, 0.15) is 0 Å². The Morgan fingerprint density at radius 3 is 2.48 bits per heavy atom. The molecule has 0 aliphatic heterocycles. The number of aryl methyl sites for hydroxylation is 1. The molecule has 0 radical (unpaired) electrons. The summed E-state index contributed by atoms with van der Waals surface area (Å²) in [6, 6.07) is 10.1. The number of pyridine rings is 1. The molecule has 2 aromatic rings. The summed E-state index contributed by atoms with van der Waals surface area (Å²) in [5, 5.41) is 4.74. The molecule has 0 saturated carbocycles. The Morgan fingerprint density at radius 2 is 1.88 bits per heavy atom. The predicted molar refractivity (Wildman–Crippen MR) is 110 cm³/mol. The first-order valence-corrected chi connectivity index (χ1v) is 9.05. The molecule has 2 rings (SSSR count). The topological polar surface area (TPSA) is 31.4 Å². The van der Waals surface area contributed by atoms with Gasteiger partial charge in [0, 0.05) is 36.2 Å². The van der Waals surface area contributed by atoms with E-state index < -0.39 is 0 Å². The Morgan fingerprint density at radius 1 is 1.20 bits per heavy atom. The Bertz CT molecular complexity index is 706. The van der Waals surface area contributed by atoms with Crippen LogP contribution in [-0.4, -0.2) is 47.1 Å². The number of aromatic nitrogens is 1. The Hall–Kier alpha value is -1.69. The van der Waals surface area contributed by atoms with Crippen molar-refractivity contribution >= 4 is 34.6 Å². The van der Waals surface area contributed by atoms with Crippen LogP contribution in [0.15, 0.2) is 42.7 Å². The molecular formula is C19H25ClN4S. The van der Waals surface area contributed by atoms with Gasteiger partial charge in [-0.25, -0.2) is 0 Å². The second kappa shape index (κ2) is 9.13. The summed E-state index contributed by atoms with van der Waals surface area (Å²) in [6.45, 7) is 5.87. The van der Waals surface area contributed by atoms with Crippen LogP contribution in [0.2, 0.25) is 5.02 Å². The van der Waals surface area contributed by atoms with Gasteiger partial charge in [-0.1, -0.05) is 17.7 Å². The first-order chi connectivity index (χ1) is 11.9. The van der Waals surface area contributed by atoms with Gasteiger partial charge in [0.2, 0.25) is 0 Å². The highest BCUT2D eigenvalue weighted by Gasteiger charge is 2.19. The van der Waals surface area contributed by atoms with Gasteiger partial charge in [-0.2, -0.15) is 0 Å². The van der Waals surface area contributed by atoms with E-state index in [2.05, 4.69) is 41.1 Å². The minimum Gasteiger partial charge on any atom is -0.341 e. The van der Waals surface area contributed by atoms with Gasteiger partial charge in [-0.05, 0) is 75.6 Å². The van der Waals surface area contributed by atoms with E-state index in [-0.39, 0.29) is 6.04 Å². The highest BCUT2D eigenvalue weighted by Crippen LogP contribution is 2.23. The number of nitrogens with one attached hydrogen (secondary N) is 1. The van der Waals surface area contributed by atoms with Crippen molar-refractivity contribution in [3.63, 3.8) is 0 Å². The second-order valence-electron chi connectivity index (χ2n) is 6.35. The van der Waals surface area contributed by atoms with E-state index >= 15 is 0 Å². The first-order valence-electron chi connectivity index (χ1n) is 8.27. The molecule has 25 heavy (non-hydrogen) atoms. The molecule has 6 heteroatoms. The van der Waals surface area contributed by atoms with Gasteiger partial charge in [-0.15, -0.1) is 0 Å². The third-order valence-corrected chi connectivity index (χ3v) is 4.87. The fraction of sp³-hybridized carbons (Fsp3) is 0.368. The maximum Gasteiger partial charge on any atom is 0.173 e. The van der Waals surface area contributed by atoms with Gasteiger partial charge in [0.25, 0.3) is 0 Å². The van der Waals surface area contributed by atoms with E-state index in [9.17, 15) is 0 Å². The zero-order valence-electron chi connectivity index (χ0n) is 15.2. The number of hydrogen-bond acceptors (Lipinski definition) is 3. The molecule has 0 fully saturated rings. The quantitative estimate of drug-likeness (QED) is 0.757. The van der Waals surface area contributed by atoms with Crippen LogP contribution in [0.1, 0.15) is 24.1 Å². The van der Waals surface area contributed by atoms with Crippen LogP contribution in [0.25, 0.3) is 0 Å². The molecule has 134 valence electrons. The van der Waals surface area contributed by atoms with Gasteiger partial charge in [0.05, 0.1) is 6.04 Å². The SMILES string of the molecule is Cc1ccc(NC(=S)N(CCN(C)C)[C@@H](C)c2ccncc2)cc1Cl. The van der Waals surface area contributed by atoms with Crippen molar-refractivity contribution in [2.24, 2.45) is 0 Å². The highest BCUT2D eigenvalue weighted by atomic mass is 35.5. The molecule has 1 aromatic carbocycles. The lowest BCUT2D eigenvalue weighted by Gasteiger charge is -2.33. The number of halogens is 1. The van der Waals surface area contributed by atoms with Crippen molar-refractivity contribution in [3.8, 4) is 0 Å². The molecule has 4 nitrogen and oxygen atoms in total. The van der Waals surface area contributed by atoms with Crippen LogP contribution in [0.3, 0.4) is 0 Å². The molecule has 0 spiro atoms. The summed E-state index contributed by atoms with van der Waals surface area (Å²) in [7, 11) is 4.12. The van der Waals surface area contributed by atoms with E-state index in [4.69, 9.17) is 23.8 Å². The maximum absolute atomic E-state index is 6.23. The van der Waals surface area contributed by atoms with E-state index in [0.717, 1.165) is 29.4 Å². The Kier molecular flexibility index (Phi) is 7.17. The zero-order chi connectivity index (χ0) is 18.4. The largest absolute Gasteiger partial charge is 0.341 e. The number of hydrogen-bond donors (Lipinski definition) is 1. The van der Waals surface area contributed by atoms with Crippen LogP contribution >= 0.6 is 23.8 Å². The summed E-state index contributed by atoms with van der Waals surface area (Å²) >= 11 is 11.9. The molecule has 1 atom stereocenters. The standard InChI is InChI=1S/C19H25ClN4S/c1-14-5-6-17(13-18(14)20)22-19(25)24(12-11-23(3)4)15(2)16-7-9-21-10-8-16/h5-10,13,15H,11-12H2,1-4H3,(H,22,25)/t15-/m0/s1. The van der Waals surface area contributed by atoms with Crippen molar-refractivity contribution in [1.82, 2.24) is 14.8 Å². The average molecular weight is 377 g/mol. The van der Waals surface area contributed by atoms with Crippen LogP contribution in [0, 0.1) is 6.92 Å². The number of rotatable bonds is 6. The van der Waals surface area contributed by atoms with Crippen molar-refractivity contribution in [1.29, 1.82) is 0 Å². The van der Waals surface area contributed by atoms with Crippen LogP contribution in [0.5, 0.6) is 0 Å². The van der Waals surface area contributed by atoms with Crippen molar-refractivity contribution < 1.29 is 0 Å². The van der Waals surface area contributed by atoms with Gasteiger partial charge >= 0.3 is 0 Å². The van der Waals surface area contributed by atoms with Crippen LogP contribution < -0.4 is 5.32 Å². The molecule has 0 unspecified atom stereocenters. The third-order valence-electron chi connectivity index (χ3n) is 4.13. The highest BCUT2D eigenvalue weighted by molar-refractivity contribution is 7.80. The zero-order valence-corrected chi connectivity index (χ0v) is 16.7. The number of benzene rings is 1. The number of thiocarbonyl (C=S) groups is 1. The minimum absolute atomic E-state index is 0.142. The first kappa shape index (κ1) is 19.6. The van der Waals surface area contributed by atoms with Crippen molar-refractivity contribution in [2.45, 2.75) is 19.9 Å². The predicted octanol–water partition coefficient (Wildman–Crippen LogP) is 4.37. The lowest BCUT2D eigenvalue weighted by molar-refractivity contribution is 0.289. The summed E-state index contributed by atoms with van der Waals surface area (Å²) < 4.78 is 0. The number of anilines is 1. The minimum atomic E-state index is 0.142. The molecule has 0 bridgehead atoms. The molecule has 0 amide bonds. The summed E-state index contributed by atoms with van der Waals surface area (Å²) in [6.07, 6.45) is 3.62. The fourth-order valence-corrected chi connectivity index (χ4v) is 3.01. The Balaban J connectivity index is 2.18. The van der Waals surface area contributed by atoms with Gasteiger partial charge < -0.3 is 15.1 Å². The van der Waals surface area contributed by atoms with E-state index in [0.29, 0.717) is 5.11 Å². The number of nitrogens with zero attached hydrogens (tertiary/aromatic N) is 3. The third kappa shape index (κ3) is 5.66. The van der Waals surface area contributed by atoms with E-state index in [1.54, 1.807) is 0 Å². The summed E-state index contributed by atoms with van der Waals surface area (Å²) in [5.74, 6) is 0. The van der Waals surface area contributed by atoms with Crippen LogP contribution in [0.4, 0.5) is 5.69 Å². The van der Waals surface area contributed by atoms with E-state index in [1.165, 1.54) is 5.56 Å². The van der Waals surface area contributed by atoms with Gasteiger partial charge in [0.15, 0.2) is 5.11 Å². The molecule has 0 saturated heterocycles. The monoisotopic (exact) mass is 376 g/mol. The Labute approximate surface area is 160 Å². The number of likely N-dealkylation sites (N-methyl/N-ethyl adjacent to an activating group) is 1. The smallest absolute Gasteiger partial charge is 0.173 e. The van der Waals surface area contributed by atoms with Crippen LogP contribution in [-0.2, 0) is 0 Å². The molecule has 1 aromatic heterocycles. The van der Waals surface area contributed by atoms with E-state index in [1.807, 2.05) is 49.6 Å². The lowest BCUT2D eigenvalue weighted by atomic mass is 10.1. The van der Waals surface area contributed by atoms with Crippen molar-refractivity contribution in [2.75, 3.05) is 32.5 Å². The summed E-state index contributed by atoms with van der Waals surface area (Å²) in [4.78, 5) is 8.45. The molecule has 1 N–H and O–H groups in total. The average Bonchev–Trinajstić information content (AvgIpc) is 2.58. The molecule has 0 aliphatic rings. The fourth-order valence-electron chi connectivity index (χ4n) is 2.47. The summed E-state index contributed by atoms with van der Waals surface area (Å²) in [5.41, 5.74) is 3.13. The molecule has 0 aliphatic carbocycles. The van der Waals surface area contributed by atoms with Crippen molar-refractivity contribution in [3.05, 3.63) is 58.9 Å².